The average Bonchev–Trinajstić information content (AvgIpc) is 3.51. The topological polar surface area (TPSA) is 193 Å². The molecule has 1 unspecified atom stereocenters. The Morgan fingerprint density at radius 1 is 1.08 bits per heavy atom. The number of carbonyl (C=O) groups is 4. The summed E-state index contributed by atoms with van der Waals surface area (Å²) >= 11 is 2.18. The van der Waals surface area contributed by atoms with Crippen molar-refractivity contribution in [2.75, 3.05) is 24.7 Å². The third kappa shape index (κ3) is 9.75. The van der Waals surface area contributed by atoms with Crippen LogP contribution in [0.5, 0.6) is 0 Å². The number of ether oxygens (including phenoxy) is 1. The number of β-lactam (4-membered cyclic amide) rings is 1. The number of unbranched alkanes of at least 4 members (excludes halogenated alkanes) is 9. The van der Waals surface area contributed by atoms with Crippen molar-refractivity contribution >= 4 is 57.9 Å². The molecule has 16 heteroatoms. The second kappa shape index (κ2) is 18.5. The van der Waals surface area contributed by atoms with Crippen LogP contribution >= 0.6 is 23.3 Å². The van der Waals surface area contributed by atoms with E-state index in [4.69, 9.17) is 15.3 Å². The van der Waals surface area contributed by atoms with Crippen molar-refractivity contribution in [3.05, 3.63) is 47.2 Å². The van der Waals surface area contributed by atoms with Crippen LogP contribution in [0.25, 0.3) is 0 Å². The molecule has 0 spiro atoms. The minimum atomic E-state index is -1.50. The number of esters is 1. The van der Waals surface area contributed by atoms with Crippen LogP contribution in [0.15, 0.2) is 41.0 Å². The molecular formula is C32H43N7O7S2. The average molecular weight is 702 g/mol. The van der Waals surface area contributed by atoms with E-state index in [1.54, 1.807) is 36.0 Å². The van der Waals surface area contributed by atoms with Crippen LogP contribution in [0.3, 0.4) is 0 Å². The Kier molecular flexibility index (Phi) is 14.2. The number of carboxylic acids is 1. The van der Waals surface area contributed by atoms with E-state index in [0.717, 1.165) is 35.7 Å². The number of amides is 2. The van der Waals surface area contributed by atoms with Gasteiger partial charge in [0.1, 0.15) is 18.0 Å². The van der Waals surface area contributed by atoms with E-state index >= 15 is 0 Å². The SMILES string of the molecule is CCCCCCCCCCCCOC(=O)c1cc[n+](CC2=C(C(=O)[O-])N3C(=O)C(NC(=O)C(=NOCC)c4nsc(N)n4)[C@H]3SC2)cc1. The van der Waals surface area contributed by atoms with Gasteiger partial charge in [0.25, 0.3) is 11.8 Å². The fourth-order valence-corrected chi connectivity index (χ4v) is 7.17. The summed E-state index contributed by atoms with van der Waals surface area (Å²) in [7, 11) is 0. The molecule has 0 radical (unpaired) electrons. The van der Waals surface area contributed by atoms with Gasteiger partial charge >= 0.3 is 5.97 Å². The smallest absolute Gasteiger partial charge is 0.338 e. The number of nitrogens with one attached hydrogen (secondary N) is 1. The maximum Gasteiger partial charge on any atom is 0.338 e. The highest BCUT2D eigenvalue weighted by molar-refractivity contribution is 8.00. The van der Waals surface area contributed by atoms with Gasteiger partial charge < -0.3 is 30.5 Å². The predicted octanol–water partition coefficient (Wildman–Crippen LogP) is 2.33. The van der Waals surface area contributed by atoms with Gasteiger partial charge in [-0.15, -0.1) is 11.8 Å². The van der Waals surface area contributed by atoms with E-state index in [-0.39, 0.29) is 41.3 Å². The molecule has 48 heavy (non-hydrogen) atoms. The quantitative estimate of drug-likeness (QED) is 0.0514. The zero-order valence-electron chi connectivity index (χ0n) is 27.4. The molecule has 0 aromatic carbocycles. The highest BCUT2D eigenvalue weighted by Gasteiger charge is 2.53. The first kappa shape index (κ1) is 36.8. The van der Waals surface area contributed by atoms with E-state index in [9.17, 15) is 24.3 Å². The molecule has 1 saturated heterocycles. The molecule has 2 aliphatic heterocycles. The lowest BCUT2D eigenvalue weighted by molar-refractivity contribution is -0.689. The monoisotopic (exact) mass is 701 g/mol. The van der Waals surface area contributed by atoms with Gasteiger partial charge in [0.15, 0.2) is 24.1 Å². The number of pyridine rings is 1. The molecule has 2 amide bonds. The highest BCUT2D eigenvalue weighted by Crippen LogP contribution is 2.40. The first-order chi connectivity index (χ1) is 23.2. The van der Waals surface area contributed by atoms with Crippen LogP contribution in [0, 0.1) is 0 Å². The molecule has 4 heterocycles. The number of hydrogen-bond acceptors (Lipinski definition) is 13. The molecule has 2 aromatic rings. The van der Waals surface area contributed by atoms with Crippen LogP contribution in [0.1, 0.15) is 94.2 Å². The number of thioether (sulfide) groups is 1. The number of rotatable bonds is 20. The van der Waals surface area contributed by atoms with Crippen LogP contribution in [0.2, 0.25) is 0 Å². The van der Waals surface area contributed by atoms with E-state index in [2.05, 4.69) is 26.8 Å². The second-order valence-corrected chi connectivity index (χ2v) is 13.4. The number of fused-ring (bicyclic) bond motifs is 1. The van der Waals surface area contributed by atoms with Gasteiger partial charge in [0.2, 0.25) is 11.5 Å². The summed E-state index contributed by atoms with van der Waals surface area (Å²) in [4.78, 5) is 61.1. The Morgan fingerprint density at radius 2 is 1.75 bits per heavy atom. The molecule has 4 rings (SSSR count). The van der Waals surface area contributed by atoms with Gasteiger partial charge in [0, 0.05) is 35.0 Å². The van der Waals surface area contributed by atoms with Gasteiger partial charge in [0.05, 0.1) is 23.8 Å². The lowest BCUT2D eigenvalue weighted by Crippen LogP contribution is -2.71. The van der Waals surface area contributed by atoms with Gasteiger partial charge in [-0.3, -0.25) is 14.5 Å². The number of aromatic nitrogens is 3. The Bertz CT molecular complexity index is 1500. The van der Waals surface area contributed by atoms with Crippen molar-refractivity contribution in [1.82, 2.24) is 19.6 Å². The van der Waals surface area contributed by atoms with E-state index < -0.39 is 35.2 Å². The van der Waals surface area contributed by atoms with Crippen molar-refractivity contribution in [1.29, 1.82) is 0 Å². The normalized spacial score (nSPS) is 17.5. The summed E-state index contributed by atoms with van der Waals surface area (Å²) in [5.74, 6) is -3.06. The summed E-state index contributed by atoms with van der Waals surface area (Å²) in [6.07, 6.45) is 15.3. The van der Waals surface area contributed by atoms with Crippen LogP contribution in [-0.4, -0.2) is 74.1 Å². The molecule has 0 bridgehead atoms. The summed E-state index contributed by atoms with van der Waals surface area (Å²) in [6.45, 7) is 4.60. The molecule has 0 aliphatic carbocycles. The van der Waals surface area contributed by atoms with Crippen LogP contribution in [-0.2, 0) is 30.5 Å². The lowest BCUT2D eigenvalue weighted by atomic mass is 10.0. The fourth-order valence-electron chi connectivity index (χ4n) is 5.40. The van der Waals surface area contributed by atoms with Crippen LogP contribution < -0.4 is 20.7 Å². The number of aliphatic carboxylic acids is 1. The molecule has 0 saturated carbocycles. The molecule has 14 nitrogen and oxygen atoms in total. The van der Waals surface area contributed by atoms with E-state index in [1.807, 2.05) is 0 Å². The molecule has 2 atom stereocenters. The van der Waals surface area contributed by atoms with Gasteiger partial charge in [-0.2, -0.15) is 9.36 Å². The Morgan fingerprint density at radius 3 is 2.35 bits per heavy atom. The molecule has 1 fully saturated rings. The Hall–Kier alpha value is -4.05. The largest absolute Gasteiger partial charge is 0.543 e. The highest BCUT2D eigenvalue weighted by atomic mass is 32.2. The fraction of sp³-hybridized carbons (Fsp3) is 0.562. The zero-order chi connectivity index (χ0) is 34.5. The summed E-state index contributed by atoms with van der Waals surface area (Å²) < 4.78 is 11.1. The van der Waals surface area contributed by atoms with Crippen molar-refractivity contribution in [2.45, 2.75) is 96.0 Å². The first-order valence-corrected chi connectivity index (χ1v) is 18.2. The van der Waals surface area contributed by atoms with E-state index in [0.29, 0.717) is 17.7 Å². The van der Waals surface area contributed by atoms with Crippen molar-refractivity contribution in [3.63, 3.8) is 0 Å². The third-order valence-corrected chi connectivity index (χ3v) is 9.79. The number of oxime groups is 1. The maximum atomic E-state index is 13.2. The minimum absolute atomic E-state index is 0.0497. The number of nitrogens with zero attached hydrogens (tertiary/aromatic N) is 5. The predicted molar refractivity (Wildman–Crippen MR) is 178 cm³/mol. The van der Waals surface area contributed by atoms with Crippen molar-refractivity contribution in [2.24, 2.45) is 5.16 Å². The van der Waals surface area contributed by atoms with Crippen molar-refractivity contribution < 1.29 is 38.4 Å². The molecule has 3 N–H and O–H groups in total. The summed E-state index contributed by atoms with van der Waals surface area (Å²) in [6, 6.07) is 2.22. The van der Waals surface area contributed by atoms with Gasteiger partial charge in [-0.25, -0.2) is 9.36 Å². The van der Waals surface area contributed by atoms with E-state index in [1.165, 1.54) is 56.7 Å². The number of nitrogens with two attached hydrogens (primary N) is 1. The summed E-state index contributed by atoms with van der Waals surface area (Å²) in [5.41, 5.74) is 6.00. The molecule has 2 aromatic heterocycles. The number of nitrogen functional groups attached to an aromatic ring is 1. The summed E-state index contributed by atoms with van der Waals surface area (Å²) in [5, 5.41) is 18.1. The number of carboxylic acid groups (broad SMARTS) is 1. The zero-order valence-corrected chi connectivity index (χ0v) is 29.0. The maximum absolute atomic E-state index is 13.2. The molecule has 2 aliphatic rings. The first-order valence-electron chi connectivity index (χ1n) is 16.4. The number of carbonyl (C=O) groups excluding carboxylic acids is 4. The van der Waals surface area contributed by atoms with Crippen molar-refractivity contribution in [3.8, 4) is 0 Å². The number of hydrogen-bond donors (Lipinski definition) is 2. The Labute approximate surface area is 288 Å². The molecular weight excluding hydrogens is 659 g/mol. The number of anilines is 1. The van der Waals surface area contributed by atoms with Crippen LogP contribution in [0.4, 0.5) is 5.13 Å². The van der Waals surface area contributed by atoms with Gasteiger partial charge in [-0.1, -0.05) is 69.9 Å². The third-order valence-electron chi connectivity index (χ3n) is 7.91. The van der Waals surface area contributed by atoms with Gasteiger partial charge in [-0.05, 0) is 13.3 Å². The second-order valence-electron chi connectivity index (χ2n) is 11.5. The molecule has 260 valence electrons. The lowest BCUT2D eigenvalue weighted by Gasteiger charge is -2.50. The standard InChI is InChI=1S/C32H43N7O7S2/c1-3-5-6-7-8-9-10-11-12-13-18-45-31(44)21-14-16-38(17-15-21)19-22-20-47-29-24(28(41)39(29)25(22)30(42)43)34-27(40)23(36-46-4-2)26-35-32(33)48-37-26/h14-17,24,29H,3-13,18-20H2,1-2H3,(H3-,33,34,35,37,40,42,43)/t24?,29-/m1/s1. The Balaban J connectivity index is 1.28. The minimum Gasteiger partial charge on any atom is -0.543 e.